The van der Waals surface area contributed by atoms with Gasteiger partial charge in [-0.3, -0.25) is 0 Å². The van der Waals surface area contributed by atoms with Crippen molar-refractivity contribution >= 4 is 15.9 Å². The number of aliphatic hydroxyl groups is 1. The predicted molar refractivity (Wildman–Crippen MR) is 70.0 cm³/mol. The molecular weight excluding hydrogens is 316 g/mol. The number of methoxy groups -OCH3 is 1. The highest BCUT2D eigenvalue weighted by molar-refractivity contribution is 9.10. The monoisotopic (exact) mass is 328 g/mol. The molecule has 1 N–H and O–H groups in total. The third-order valence-electron chi connectivity index (χ3n) is 2.39. The van der Waals surface area contributed by atoms with Crippen molar-refractivity contribution in [3.05, 3.63) is 33.9 Å². The second-order valence-electron chi connectivity index (χ2n) is 3.79. The van der Waals surface area contributed by atoms with Gasteiger partial charge in [0.1, 0.15) is 0 Å². The number of aryl methyl sites for hydroxylation is 1. The van der Waals surface area contributed by atoms with Crippen LogP contribution >= 0.6 is 15.9 Å². The fraction of sp³-hybridized carbons (Fsp3) is 0.333. The van der Waals surface area contributed by atoms with Crippen LogP contribution < -0.4 is 9.47 Å². The van der Waals surface area contributed by atoms with Gasteiger partial charge in [0, 0.05) is 6.92 Å². The van der Waals surface area contributed by atoms with Gasteiger partial charge in [0.05, 0.1) is 18.2 Å². The summed E-state index contributed by atoms with van der Waals surface area (Å²) in [6, 6.07) is 3.47. The van der Waals surface area contributed by atoms with Crippen molar-refractivity contribution in [1.29, 1.82) is 0 Å². The molecule has 0 saturated carbocycles. The summed E-state index contributed by atoms with van der Waals surface area (Å²) in [5.74, 6) is 2.00. The first kappa shape index (κ1) is 13.8. The summed E-state index contributed by atoms with van der Waals surface area (Å²) in [5, 5.41) is 12.9. The van der Waals surface area contributed by atoms with Crippen LogP contribution in [0.15, 0.2) is 21.1 Å². The molecule has 0 atom stereocenters. The number of halogens is 1. The average Bonchev–Trinajstić information content (AvgIpc) is 2.82. The lowest BCUT2D eigenvalue weighted by Gasteiger charge is -2.12. The number of aromatic nitrogens is 2. The highest BCUT2D eigenvalue weighted by atomic mass is 79.9. The fourth-order valence-corrected chi connectivity index (χ4v) is 2.15. The Hall–Kier alpha value is -1.60. The number of rotatable bonds is 5. The molecule has 1 aromatic carbocycles. The fourth-order valence-electron chi connectivity index (χ4n) is 1.54. The summed E-state index contributed by atoms with van der Waals surface area (Å²) in [5.41, 5.74) is 0.728. The van der Waals surface area contributed by atoms with Gasteiger partial charge in [-0.1, -0.05) is 5.16 Å². The minimum absolute atomic E-state index is 0.0702. The number of nitrogens with zero attached hydrogens (tertiary/aromatic N) is 2. The van der Waals surface area contributed by atoms with Crippen molar-refractivity contribution in [3.63, 3.8) is 0 Å². The molecule has 0 aliphatic heterocycles. The quantitative estimate of drug-likeness (QED) is 0.906. The van der Waals surface area contributed by atoms with Gasteiger partial charge >= 0.3 is 0 Å². The Bertz CT molecular complexity index is 571. The van der Waals surface area contributed by atoms with Gasteiger partial charge in [-0.2, -0.15) is 4.98 Å². The van der Waals surface area contributed by atoms with Gasteiger partial charge in [0.25, 0.3) is 0 Å². The standard InChI is InChI=1S/C12H13BrN2O4/c1-7-14-11(15-19-7)6-18-12-9(13)3-8(5-16)4-10(12)17-2/h3-4,16H,5-6H2,1-2H3. The second-order valence-corrected chi connectivity index (χ2v) is 4.64. The molecule has 0 amide bonds. The lowest BCUT2D eigenvalue weighted by atomic mass is 10.2. The van der Waals surface area contributed by atoms with E-state index < -0.39 is 0 Å². The molecule has 0 unspecified atom stereocenters. The van der Waals surface area contributed by atoms with Crippen LogP contribution in [0.2, 0.25) is 0 Å². The third-order valence-corrected chi connectivity index (χ3v) is 2.98. The summed E-state index contributed by atoms with van der Waals surface area (Å²) in [6.45, 7) is 1.81. The number of hydrogen-bond acceptors (Lipinski definition) is 6. The van der Waals surface area contributed by atoms with E-state index in [0.29, 0.717) is 27.7 Å². The van der Waals surface area contributed by atoms with Gasteiger partial charge in [0.15, 0.2) is 18.1 Å². The number of benzene rings is 1. The van der Waals surface area contributed by atoms with Crippen molar-refractivity contribution in [1.82, 2.24) is 10.1 Å². The van der Waals surface area contributed by atoms with Gasteiger partial charge in [-0.05, 0) is 33.6 Å². The molecule has 2 aromatic rings. The number of hydrogen-bond donors (Lipinski definition) is 1. The summed E-state index contributed by atoms with van der Waals surface area (Å²) in [6.07, 6.45) is 0. The topological polar surface area (TPSA) is 77.6 Å². The molecule has 0 spiro atoms. The third kappa shape index (κ3) is 3.24. The van der Waals surface area contributed by atoms with Crippen LogP contribution in [0.25, 0.3) is 0 Å². The Morgan fingerprint density at radius 2 is 2.21 bits per heavy atom. The molecule has 102 valence electrons. The zero-order chi connectivity index (χ0) is 13.8. The highest BCUT2D eigenvalue weighted by Gasteiger charge is 2.13. The molecule has 0 fully saturated rings. The van der Waals surface area contributed by atoms with Gasteiger partial charge in [-0.15, -0.1) is 0 Å². The van der Waals surface area contributed by atoms with Gasteiger partial charge in [0.2, 0.25) is 11.7 Å². The average molecular weight is 329 g/mol. The molecule has 0 saturated heterocycles. The second kappa shape index (κ2) is 6.03. The van der Waals surface area contributed by atoms with E-state index in [2.05, 4.69) is 26.1 Å². The Morgan fingerprint density at radius 3 is 2.79 bits per heavy atom. The molecule has 6 nitrogen and oxygen atoms in total. The first-order chi connectivity index (χ1) is 9.13. The van der Waals surface area contributed by atoms with Crippen molar-refractivity contribution in [2.24, 2.45) is 0 Å². The van der Waals surface area contributed by atoms with Gasteiger partial charge < -0.3 is 19.1 Å². The SMILES string of the molecule is COc1cc(CO)cc(Br)c1OCc1noc(C)n1. The van der Waals surface area contributed by atoms with E-state index in [4.69, 9.17) is 19.1 Å². The van der Waals surface area contributed by atoms with E-state index in [0.717, 1.165) is 5.56 Å². The molecule has 0 bridgehead atoms. The zero-order valence-corrected chi connectivity index (χ0v) is 12.1. The summed E-state index contributed by atoms with van der Waals surface area (Å²) >= 11 is 3.38. The van der Waals surface area contributed by atoms with Crippen LogP contribution in [0.5, 0.6) is 11.5 Å². The van der Waals surface area contributed by atoms with Crippen molar-refractivity contribution < 1.29 is 19.1 Å². The normalized spacial score (nSPS) is 10.5. The first-order valence-corrected chi connectivity index (χ1v) is 6.32. The lowest BCUT2D eigenvalue weighted by Crippen LogP contribution is -2.01. The van der Waals surface area contributed by atoms with Crippen LogP contribution in [0.1, 0.15) is 17.3 Å². The smallest absolute Gasteiger partial charge is 0.223 e. The predicted octanol–water partition coefficient (Wildman–Crippen LogP) is 2.22. The minimum atomic E-state index is -0.0702. The van der Waals surface area contributed by atoms with Crippen molar-refractivity contribution in [2.45, 2.75) is 20.1 Å². The zero-order valence-electron chi connectivity index (χ0n) is 10.5. The highest BCUT2D eigenvalue weighted by Crippen LogP contribution is 2.37. The first-order valence-electron chi connectivity index (χ1n) is 5.53. The van der Waals surface area contributed by atoms with Crippen LogP contribution in [-0.4, -0.2) is 22.4 Å². The van der Waals surface area contributed by atoms with Gasteiger partial charge in [-0.25, -0.2) is 0 Å². The van der Waals surface area contributed by atoms with E-state index in [-0.39, 0.29) is 13.2 Å². The van der Waals surface area contributed by atoms with Crippen LogP contribution in [0, 0.1) is 6.92 Å². The van der Waals surface area contributed by atoms with E-state index >= 15 is 0 Å². The van der Waals surface area contributed by atoms with E-state index in [1.807, 2.05) is 0 Å². The molecule has 1 aromatic heterocycles. The molecule has 7 heteroatoms. The van der Waals surface area contributed by atoms with Crippen LogP contribution in [-0.2, 0) is 13.2 Å². The molecular formula is C12H13BrN2O4. The summed E-state index contributed by atoms with van der Waals surface area (Å²) in [4.78, 5) is 4.05. The van der Waals surface area contributed by atoms with Crippen LogP contribution in [0.3, 0.4) is 0 Å². The lowest BCUT2D eigenvalue weighted by molar-refractivity contribution is 0.264. The Labute approximate surface area is 118 Å². The van der Waals surface area contributed by atoms with E-state index in [1.54, 1.807) is 19.1 Å². The largest absolute Gasteiger partial charge is 0.493 e. The maximum atomic E-state index is 9.13. The number of aliphatic hydroxyl groups excluding tert-OH is 1. The molecule has 0 aliphatic carbocycles. The Kier molecular flexibility index (Phi) is 4.39. The molecule has 1 heterocycles. The van der Waals surface area contributed by atoms with Crippen molar-refractivity contribution in [3.8, 4) is 11.5 Å². The number of ether oxygens (including phenoxy) is 2. The minimum Gasteiger partial charge on any atom is -0.493 e. The van der Waals surface area contributed by atoms with E-state index in [9.17, 15) is 0 Å². The van der Waals surface area contributed by atoms with Crippen molar-refractivity contribution in [2.75, 3.05) is 7.11 Å². The summed E-state index contributed by atoms with van der Waals surface area (Å²) < 4.78 is 16.4. The Morgan fingerprint density at radius 1 is 1.42 bits per heavy atom. The molecule has 2 rings (SSSR count). The molecule has 19 heavy (non-hydrogen) atoms. The maximum Gasteiger partial charge on any atom is 0.223 e. The van der Waals surface area contributed by atoms with Crippen LogP contribution in [0.4, 0.5) is 0 Å². The molecule has 0 radical (unpaired) electrons. The summed E-state index contributed by atoms with van der Waals surface area (Å²) in [7, 11) is 1.54. The molecule has 0 aliphatic rings. The Balaban J connectivity index is 2.19. The maximum absolute atomic E-state index is 9.13. The van der Waals surface area contributed by atoms with E-state index in [1.165, 1.54) is 7.11 Å².